The molecule has 4 heterocycles. The highest BCUT2D eigenvalue weighted by Gasteiger charge is 2.42. The minimum atomic E-state index is 0.120. The Kier molecular flexibility index (Phi) is 6.59. The van der Waals surface area contributed by atoms with Gasteiger partial charge in [0, 0.05) is 51.8 Å². The van der Waals surface area contributed by atoms with Crippen LogP contribution in [0.25, 0.3) is 29.1 Å². The third-order valence-corrected chi connectivity index (χ3v) is 10.1. The fourth-order valence-electron chi connectivity index (χ4n) is 7.94. The second kappa shape index (κ2) is 11.2. The molecule has 0 fully saturated rings. The molecule has 46 heavy (non-hydrogen) atoms. The van der Waals surface area contributed by atoms with E-state index in [2.05, 4.69) is 153 Å². The van der Waals surface area contributed by atoms with Crippen LogP contribution in [0, 0.1) is 11.8 Å². The predicted molar refractivity (Wildman–Crippen MR) is 189 cm³/mol. The molecule has 1 N–H and O–H groups in total. The molecule has 0 saturated heterocycles. The first-order chi connectivity index (χ1) is 22.8. The smallest absolute Gasteiger partial charge is 0.0807 e. The lowest BCUT2D eigenvalue weighted by Gasteiger charge is -2.43. The van der Waals surface area contributed by atoms with E-state index in [1.807, 2.05) is 24.5 Å². The van der Waals surface area contributed by atoms with E-state index in [4.69, 9.17) is 0 Å². The molecule has 4 heteroatoms. The maximum atomic E-state index is 4.61. The molecule has 0 saturated carbocycles. The van der Waals surface area contributed by atoms with Crippen molar-refractivity contribution in [2.75, 3.05) is 4.90 Å². The Bertz CT molecular complexity index is 1980. The summed E-state index contributed by atoms with van der Waals surface area (Å²) in [7, 11) is 0. The molecule has 224 valence electrons. The number of aromatic nitrogens is 2. The number of nitrogens with zero attached hydrogens (tertiary/aromatic N) is 3. The zero-order chi connectivity index (χ0) is 30.5. The van der Waals surface area contributed by atoms with Crippen molar-refractivity contribution in [2.45, 2.75) is 31.0 Å². The molecule has 0 amide bonds. The number of rotatable bonds is 4. The van der Waals surface area contributed by atoms with Crippen LogP contribution >= 0.6 is 0 Å². The van der Waals surface area contributed by atoms with Gasteiger partial charge in [0.15, 0.2) is 0 Å². The Morgan fingerprint density at radius 1 is 0.696 bits per heavy atom. The fraction of sp³-hybridized carbons (Fsp3) is 0.167. The summed E-state index contributed by atoms with van der Waals surface area (Å²) in [5.41, 5.74) is 11.4. The van der Waals surface area contributed by atoms with Gasteiger partial charge in [-0.3, -0.25) is 4.98 Å². The third kappa shape index (κ3) is 4.47. The number of nitrogens with one attached hydrogen (secondary N) is 1. The van der Waals surface area contributed by atoms with E-state index in [-0.39, 0.29) is 24.0 Å². The monoisotopic (exact) mass is 596 g/mol. The minimum Gasteiger partial charge on any atom is -0.381 e. The average molecular weight is 597 g/mol. The van der Waals surface area contributed by atoms with E-state index < -0.39 is 0 Å². The van der Waals surface area contributed by atoms with Crippen LogP contribution in [0.3, 0.4) is 0 Å². The summed E-state index contributed by atoms with van der Waals surface area (Å²) in [4.78, 5) is 7.31. The van der Waals surface area contributed by atoms with E-state index in [0.717, 1.165) is 24.1 Å². The average Bonchev–Trinajstić information content (AvgIpc) is 3.37. The SMILES string of the molecule is C1=CNC(c2ccc(-n3c4c(c5c3C3C(C=C5)C=CC5C=CC=CC5N3c3ccc(-c5ccccn5)cc3)C=CCC4)cc2)C=C1. The zero-order valence-corrected chi connectivity index (χ0v) is 25.7. The van der Waals surface area contributed by atoms with Crippen LogP contribution in [-0.4, -0.2) is 15.6 Å². The van der Waals surface area contributed by atoms with Crippen LogP contribution in [0.5, 0.6) is 0 Å². The maximum Gasteiger partial charge on any atom is 0.0807 e. The summed E-state index contributed by atoms with van der Waals surface area (Å²) in [5, 5.41) is 3.48. The molecule has 2 aromatic carbocycles. The second-order valence-electron chi connectivity index (χ2n) is 12.7. The molecule has 9 rings (SSSR count). The highest BCUT2D eigenvalue weighted by atomic mass is 15.2. The summed E-state index contributed by atoms with van der Waals surface area (Å²) in [5.74, 6) is 0.530. The lowest BCUT2D eigenvalue weighted by Crippen LogP contribution is -2.44. The van der Waals surface area contributed by atoms with Crippen molar-refractivity contribution in [3.8, 4) is 16.9 Å². The molecular formula is C42H36N4. The maximum absolute atomic E-state index is 4.61. The van der Waals surface area contributed by atoms with Gasteiger partial charge in [0.2, 0.25) is 0 Å². The Labute approximate surface area is 270 Å². The lowest BCUT2D eigenvalue weighted by molar-refractivity contribution is 0.481. The first-order valence-electron chi connectivity index (χ1n) is 16.5. The molecule has 4 aromatic rings. The van der Waals surface area contributed by atoms with Crippen LogP contribution in [0.4, 0.5) is 5.69 Å². The number of fused-ring (bicyclic) bond motifs is 6. The van der Waals surface area contributed by atoms with Crippen molar-refractivity contribution in [3.63, 3.8) is 0 Å². The normalized spacial score (nSPS) is 25.0. The second-order valence-corrected chi connectivity index (χ2v) is 12.7. The van der Waals surface area contributed by atoms with E-state index in [9.17, 15) is 0 Å². The fourth-order valence-corrected chi connectivity index (χ4v) is 7.94. The van der Waals surface area contributed by atoms with Crippen molar-refractivity contribution in [1.82, 2.24) is 14.9 Å². The summed E-state index contributed by atoms with van der Waals surface area (Å²) in [6.07, 6.45) is 36.0. The quantitative estimate of drug-likeness (QED) is 0.239. The van der Waals surface area contributed by atoms with Crippen LogP contribution in [0.1, 0.15) is 46.6 Å². The highest BCUT2D eigenvalue weighted by Crippen LogP contribution is 2.49. The molecule has 2 aromatic heterocycles. The molecule has 0 radical (unpaired) electrons. The van der Waals surface area contributed by atoms with E-state index in [1.54, 1.807) is 0 Å². The predicted octanol–water partition coefficient (Wildman–Crippen LogP) is 9.08. The number of anilines is 1. The van der Waals surface area contributed by atoms with Crippen LogP contribution < -0.4 is 10.2 Å². The van der Waals surface area contributed by atoms with Crippen LogP contribution in [0.15, 0.2) is 146 Å². The summed E-state index contributed by atoms with van der Waals surface area (Å²) < 4.78 is 2.61. The van der Waals surface area contributed by atoms with Crippen LogP contribution in [0.2, 0.25) is 0 Å². The highest BCUT2D eigenvalue weighted by molar-refractivity contribution is 5.76. The van der Waals surface area contributed by atoms with Gasteiger partial charge in [-0.15, -0.1) is 0 Å². The first kappa shape index (κ1) is 27.0. The largest absolute Gasteiger partial charge is 0.381 e. The molecular weight excluding hydrogens is 560 g/mol. The van der Waals surface area contributed by atoms with Gasteiger partial charge in [0.05, 0.1) is 29.5 Å². The van der Waals surface area contributed by atoms with Gasteiger partial charge in [0.1, 0.15) is 0 Å². The summed E-state index contributed by atoms with van der Waals surface area (Å²) in [6.45, 7) is 0. The minimum absolute atomic E-state index is 0.120. The Balaban J connectivity index is 1.21. The lowest BCUT2D eigenvalue weighted by atomic mass is 9.85. The summed E-state index contributed by atoms with van der Waals surface area (Å²) >= 11 is 0. The Morgan fingerprint density at radius 2 is 1.52 bits per heavy atom. The number of pyridine rings is 1. The van der Waals surface area contributed by atoms with Gasteiger partial charge in [-0.2, -0.15) is 0 Å². The number of benzene rings is 2. The van der Waals surface area contributed by atoms with Crippen molar-refractivity contribution in [1.29, 1.82) is 0 Å². The van der Waals surface area contributed by atoms with Crippen molar-refractivity contribution in [2.24, 2.45) is 11.8 Å². The van der Waals surface area contributed by atoms with Gasteiger partial charge in [-0.1, -0.05) is 103 Å². The molecule has 0 bridgehead atoms. The number of dihydropyridines is 1. The summed E-state index contributed by atoms with van der Waals surface area (Å²) in [6, 6.07) is 24.9. The Morgan fingerprint density at radius 3 is 2.35 bits per heavy atom. The van der Waals surface area contributed by atoms with Crippen molar-refractivity contribution in [3.05, 3.63) is 174 Å². The van der Waals surface area contributed by atoms with E-state index in [0.29, 0.717) is 5.92 Å². The molecule has 0 spiro atoms. The zero-order valence-electron chi connectivity index (χ0n) is 25.7. The molecule has 4 nitrogen and oxygen atoms in total. The molecule has 5 aliphatic rings. The molecule has 5 unspecified atom stereocenters. The Hall–Kier alpha value is -5.35. The topological polar surface area (TPSA) is 33.1 Å². The molecule has 2 aliphatic heterocycles. The standard InChI is InChI=1S/C42H36N4/c1-3-13-39-31(9-1)15-16-32-21-26-36-35-10-2-4-14-40(35)46(34-24-19-30(20-25-34)38-12-6-8-28-44-38)42(36)41(32)45(39)33-22-17-29(18-23-33)37-11-5-7-27-43-37/h1-3,5-13,15-28,31-32,38-39,41,44H,4,14H2. The number of hydrogen-bond donors (Lipinski definition) is 1. The molecule has 3 aliphatic carbocycles. The van der Waals surface area contributed by atoms with E-state index >= 15 is 0 Å². The van der Waals surface area contributed by atoms with Gasteiger partial charge < -0.3 is 14.8 Å². The van der Waals surface area contributed by atoms with Gasteiger partial charge >= 0.3 is 0 Å². The van der Waals surface area contributed by atoms with Crippen molar-refractivity contribution < 1.29 is 0 Å². The van der Waals surface area contributed by atoms with Gasteiger partial charge in [-0.05, 0) is 67.1 Å². The first-order valence-corrected chi connectivity index (χ1v) is 16.5. The van der Waals surface area contributed by atoms with Gasteiger partial charge in [0.25, 0.3) is 0 Å². The van der Waals surface area contributed by atoms with E-state index in [1.165, 1.54) is 39.5 Å². The van der Waals surface area contributed by atoms with Gasteiger partial charge in [-0.25, -0.2) is 0 Å². The number of allylic oxidation sites excluding steroid dienone is 5. The molecule has 5 atom stereocenters. The number of hydrogen-bond acceptors (Lipinski definition) is 3. The van der Waals surface area contributed by atoms with Crippen LogP contribution in [-0.2, 0) is 6.42 Å². The third-order valence-electron chi connectivity index (χ3n) is 10.1. The van der Waals surface area contributed by atoms with Crippen molar-refractivity contribution >= 4 is 17.8 Å².